The van der Waals surface area contributed by atoms with Gasteiger partial charge in [-0.2, -0.15) is 0 Å². The molecular formula is CH4NaOS+. The van der Waals surface area contributed by atoms with Crippen LogP contribution in [0.2, 0.25) is 0 Å². The van der Waals surface area contributed by atoms with Crippen LogP contribution in [0.25, 0.3) is 0 Å². The summed E-state index contributed by atoms with van der Waals surface area (Å²) in [6, 6.07) is 0. The molecule has 3 heteroatoms. The number of rotatable bonds is 0. The summed E-state index contributed by atoms with van der Waals surface area (Å²) >= 11 is 0.500. The first-order valence-corrected chi connectivity index (χ1v) is 1.72. The van der Waals surface area contributed by atoms with Crippen molar-refractivity contribution in [3.05, 3.63) is 0 Å². The van der Waals surface area contributed by atoms with Crippen molar-refractivity contribution in [2.24, 2.45) is 0 Å². The molecule has 0 saturated carbocycles. The average molecular weight is 87.1 g/mol. The smallest absolute Gasteiger partial charge is 1.00 e. The van der Waals surface area contributed by atoms with E-state index in [9.17, 15) is 0 Å². The van der Waals surface area contributed by atoms with Gasteiger partial charge in [0.25, 0.3) is 0 Å². The van der Waals surface area contributed by atoms with E-state index in [2.05, 4.69) is 0 Å². The van der Waals surface area contributed by atoms with Gasteiger partial charge in [-0.15, -0.1) is 0 Å². The van der Waals surface area contributed by atoms with Crippen molar-refractivity contribution in [1.29, 1.82) is 0 Å². The molecule has 0 aliphatic carbocycles. The maximum Gasteiger partial charge on any atom is 1.00 e. The predicted octanol–water partition coefficient (Wildman–Crippen LogP) is -2.84. The molecule has 20 valence electrons. The van der Waals surface area contributed by atoms with Crippen molar-refractivity contribution in [2.45, 2.75) is 0 Å². The van der Waals surface area contributed by atoms with Crippen molar-refractivity contribution in [3.8, 4) is 0 Å². The van der Waals surface area contributed by atoms with Gasteiger partial charge >= 0.3 is 41.2 Å². The zero-order chi connectivity index (χ0) is 2.71. The van der Waals surface area contributed by atoms with E-state index in [1.54, 1.807) is 0 Å². The van der Waals surface area contributed by atoms with Gasteiger partial charge in [-0.3, -0.25) is 0 Å². The van der Waals surface area contributed by atoms with E-state index in [1.807, 2.05) is 0 Å². The zero-order valence-electron chi connectivity index (χ0n) is 3.82. The number of hydrogen-bond donors (Lipinski definition) is 0. The Morgan fingerprint density at radius 2 is 2.00 bits per heavy atom. The van der Waals surface area contributed by atoms with Gasteiger partial charge in [0.2, 0.25) is 6.26 Å². The topological polar surface area (TPSA) is 17.1 Å². The largest absolute Gasteiger partial charge is 1.00 e. The Bertz CT molecular complexity index is 19.1. The van der Waals surface area contributed by atoms with Crippen molar-refractivity contribution in [2.75, 3.05) is 6.26 Å². The third-order valence-corrected chi connectivity index (χ3v) is 0. The van der Waals surface area contributed by atoms with Crippen LogP contribution >= 0.6 is 0 Å². The van der Waals surface area contributed by atoms with Crippen LogP contribution in [0, 0.1) is 0 Å². The monoisotopic (exact) mass is 87.0 g/mol. The third-order valence-electron chi connectivity index (χ3n) is 0. The standard InChI is InChI=1S/CH3OS.Na.H/c1-3-2;;/h1H3;;/q2*+1;-1. The van der Waals surface area contributed by atoms with Crippen LogP contribution < -0.4 is 29.6 Å². The molecule has 0 aliphatic heterocycles. The van der Waals surface area contributed by atoms with E-state index >= 15 is 0 Å². The van der Waals surface area contributed by atoms with Gasteiger partial charge in [0.15, 0.2) is 0 Å². The first kappa shape index (κ1) is 8.89. The van der Waals surface area contributed by atoms with Crippen molar-refractivity contribution < 1.29 is 35.2 Å². The first-order chi connectivity index (χ1) is 1.41. The Balaban J connectivity index is -0.0000000200. The Kier molecular flexibility index (Phi) is 20.0. The molecule has 0 rings (SSSR count). The minimum Gasteiger partial charge on any atom is -1.00 e. The fourth-order valence-corrected chi connectivity index (χ4v) is 0. The SMILES string of the molecule is C[S+]=O.[H-].[Na+]. The van der Waals surface area contributed by atoms with Crippen molar-refractivity contribution in [3.63, 3.8) is 0 Å². The van der Waals surface area contributed by atoms with Gasteiger partial charge in [-0.1, -0.05) is 0 Å². The summed E-state index contributed by atoms with van der Waals surface area (Å²) in [5.41, 5.74) is 0. The van der Waals surface area contributed by atoms with E-state index in [0.717, 1.165) is 0 Å². The van der Waals surface area contributed by atoms with E-state index in [4.69, 9.17) is 4.21 Å². The maximum atomic E-state index is 8.85. The normalized spacial score (nSPS) is 3.25. The van der Waals surface area contributed by atoms with Gasteiger partial charge in [0, 0.05) is 4.21 Å². The van der Waals surface area contributed by atoms with Crippen LogP contribution in [0.15, 0.2) is 0 Å². The molecule has 0 aliphatic rings. The molecule has 0 unspecified atom stereocenters. The molecule has 0 heterocycles. The second-order valence-corrected chi connectivity index (χ2v) is 0.500. The average Bonchev–Trinajstić information content (AvgIpc) is 0.918. The van der Waals surface area contributed by atoms with Gasteiger partial charge in [-0.05, 0) is 0 Å². The van der Waals surface area contributed by atoms with E-state index in [1.165, 1.54) is 6.26 Å². The van der Waals surface area contributed by atoms with Crippen LogP contribution in [0.5, 0.6) is 0 Å². The van der Waals surface area contributed by atoms with E-state index in [-0.39, 0.29) is 31.0 Å². The summed E-state index contributed by atoms with van der Waals surface area (Å²) in [5, 5.41) is 0. The van der Waals surface area contributed by atoms with Crippen LogP contribution in [0.4, 0.5) is 0 Å². The van der Waals surface area contributed by atoms with Gasteiger partial charge < -0.3 is 1.43 Å². The molecule has 0 spiro atoms. The van der Waals surface area contributed by atoms with Gasteiger partial charge in [-0.25, -0.2) is 0 Å². The van der Waals surface area contributed by atoms with Gasteiger partial charge in [0.05, 0.1) is 0 Å². The molecule has 0 amide bonds. The number of hydrogen-bond acceptors (Lipinski definition) is 1. The summed E-state index contributed by atoms with van der Waals surface area (Å²) in [4.78, 5) is 0. The summed E-state index contributed by atoms with van der Waals surface area (Å²) in [5.74, 6) is 0. The van der Waals surface area contributed by atoms with Crippen LogP contribution in [-0.4, -0.2) is 6.26 Å². The second-order valence-electron chi connectivity index (χ2n) is 0.167. The Morgan fingerprint density at radius 3 is 2.00 bits per heavy atom. The molecule has 0 atom stereocenters. The van der Waals surface area contributed by atoms with Crippen LogP contribution in [-0.2, 0) is 15.9 Å². The van der Waals surface area contributed by atoms with Crippen molar-refractivity contribution in [1.82, 2.24) is 0 Å². The zero-order valence-corrected chi connectivity index (χ0v) is 5.63. The molecule has 4 heavy (non-hydrogen) atoms. The minimum absolute atomic E-state index is 0. The quantitative estimate of drug-likeness (QED) is 0.230. The van der Waals surface area contributed by atoms with Crippen LogP contribution in [0.3, 0.4) is 0 Å². The molecule has 0 aromatic rings. The van der Waals surface area contributed by atoms with E-state index in [0.29, 0.717) is 11.7 Å². The fraction of sp³-hybridized carbons (Fsp3) is 1.00. The summed E-state index contributed by atoms with van der Waals surface area (Å²) in [7, 11) is 0. The summed E-state index contributed by atoms with van der Waals surface area (Å²) in [6.45, 7) is 0. The Morgan fingerprint density at radius 1 is 2.00 bits per heavy atom. The van der Waals surface area contributed by atoms with Crippen molar-refractivity contribution >= 4 is 11.7 Å². The molecule has 0 bridgehead atoms. The Hall–Kier alpha value is 1.02. The molecule has 0 aromatic heterocycles. The molecule has 0 saturated heterocycles. The summed E-state index contributed by atoms with van der Waals surface area (Å²) in [6.07, 6.45) is 1.49. The molecule has 0 fully saturated rings. The Labute approximate surface area is 53.0 Å². The second kappa shape index (κ2) is 8.99. The molecule has 0 N–H and O–H groups in total. The van der Waals surface area contributed by atoms with E-state index < -0.39 is 0 Å². The molecule has 0 radical (unpaired) electrons. The fourth-order valence-electron chi connectivity index (χ4n) is 0. The predicted molar refractivity (Wildman–Crippen MR) is 15.1 cm³/mol. The third kappa shape index (κ3) is 11.8. The maximum absolute atomic E-state index is 8.85. The van der Waals surface area contributed by atoms with Crippen LogP contribution in [0.1, 0.15) is 1.43 Å². The summed E-state index contributed by atoms with van der Waals surface area (Å²) < 4.78 is 8.85. The molecule has 1 nitrogen and oxygen atoms in total. The molecular weight excluding hydrogens is 83.1 g/mol. The molecule has 0 aromatic carbocycles. The minimum atomic E-state index is 0. The first-order valence-electron chi connectivity index (χ1n) is 0.575. The van der Waals surface area contributed by atoms with Gasteiger partial charge in [0.1, 0.15) is 0 Å².